The van der Waals surface area contributed by atoms with E-state index in [1.807, 2.05) is 24.3 Å². The molecule has 30 heavy (non-hydrogen) atoms. The molecule has 2 aromatic rings. The van der Waals surface area contributed by atoms with Crippen LogP contribution in [0.15, 0.2) is 30.5 Å². The van der Waals surface area contributed by atoms with Gasteiger partial charge in [0.1, 0.15) is 6.17 Å². The van der Waals surface area contributed by atoms with Crippen molar-refractivity contribution in [3.63, 3.8) is 0 Å². The molecule has 160 valence electrons. The molecule has 8 nitrogen and oxygen atoms in total. The minimum Gasteiger partial charge on any atom is -0.349 e. The van der Waals surface area contributed by atoms with Crippen LogP contribution in [-0.4, -0.2) is 84.0 Å². The van der Waals surface area contributed by atoms with Crippen molar-refractivity contribution < 1.29 is 9.18 Å². The lowest BCUT2D eigenvalue weighted by Gasteiger charge is -2.34. The van der Waals surface area contributed by atoms with Crippen molar-refractivity contribution >= 4 is 23.5 Å². The molecule has 0 radical (unpaired) electrons. The van der Waals surface area contributed by atoms with Crippen LogP contribution in [0.1, 0.15) is 6.42 Å². The van der Waals surface area contributed by atoms with Gasteiger partial charge >= 0.3 is 0 Å². The van der Waals surface area contributed by atoms with Gasteiger partial charge in [-0.25, -0.2) is 9.37 Å². The Hall–Kier alpha value is -2.36. The molecule has 2 N–H and O–H groups in total. The Morgan fingerprint density at radius 3 is 2.73 bits per heavy atom. The second kappa shape index (κ2) is 9.63. The second-order valence-electron chi connectivity index (χ2n) is 7.59. The number of hydrogen-bond donors (Lipinski definition) is 2. The van der Waals surface area contributed by atoms with Gasteiger partial charge in [0.2, 0.25) is 11.9 Å². The number of halogens is 2. The second-order valence-corrected chi connectivity index (χ2v) is 8.03. The van der Waals surface area contributed by atoms with Gasteiger partial charge in [-0.3, -0.25) is 9.69 Å². The SMILES string of the molecule is O=C(CN1CCN(c2nncc(-c3ccc(Cl)cc3)n2)CC1)N[C@H]1CCNC[C@@H]1F. The van der Waals surface area contributed by atoms with Crippen molar-refractivity contribution in [2.75, 3.05) is 50.7 Å². The van der Waals surface area contributed by atoms with Crippen molar-refractivity contribution in [3.8, 4) is 11.3 Å². The summed E-state index contributed by atoms with van der Waals surface area (Å²) in [7, 11) is 0. The van der Waals surface area contributed by atoms with Gasteiger partial charge in [0.15, 0.2) is 0 Å². The van der Waals surface area contributed by atoms with Gasteiger partial charge < -0.3 is 15.5 Å². The van der Waals surface area contributed by atoms with Gasteiger partial charge in [0.25, 0.3) is 0 Å². The molecule has 2 aliphatic rings. The van der Waals surface area contributed by atoms with E-state index in [9.17, 15) is 9.18 Å². The summed E-state index contributed by atoms with van der Waals surface area (Å²) in [5, 5.41) is 14.8. The molecule has 2 fully saturated rings. The van der Waals surface area contributed by atoms with Crippen LogP contribution in [0.4, 0.5) is 10.3 Å². The molecule has 2 saturated heterocycles. The molecular formula is C20H25ClFN7O. The lowest BCUT2D eigenvalue weighted by Crippen LogP contribution is -2.54. The highest BCUT2D eigenvalue weighted by molar-refractivity contribution is 6.30. The Morgan fingerprint density at radius 2 is 2.00 bits per heavy atom. The third-order valence-electron chi connectivity index (χ3n) is 5.46. The zero-order valence-electron chi connectivity index (χ0n) is 16.6. The van der Waals surface area contributed by atoms with Crippen LogP contribution < -0.4 is 15.5 Å². The average Bonchev–Trinajstić information content (AvgIpc) is 2.76. The van der Waals surface area contributed by atoms with Gasteiger partial charge in [-0.05, 0) is 25.1 Å². The standard InChI is InChI=1S/C20H25ClFN7O/c21-15-3-1-14(2-4-15)18-12-24-27-20(26-18)29-9-7-28(8-10-29)13-19(30)25-17-5-6-23-11-16(17)22/h1-4,12,16-17,23H,5-11,13H2,(H,25,30)/t16-,17-/m0/s1. The van der Waals surface area contributed by atoms with E-state index in [4.69, 9.17) is 11.6 Å². The molecule has 0 saturated carbocycles. The van der Waals surface area contributed by atoms with Crippen molar-refractivity contribution in [1.29, 1.82) is 0 Å². The average molecular weight is 434 g/mol. The van der Waals surface area contributed by atoms with Crippen molar-refractivity contribution in [2.45, 2.75) is 18.6 Å². The lowest BCUT2D eigenvalue weighted by atomic mass is 10.1. The highest BCUT2D eigenvalue weighted by Crippen LogP contribution is 2.21. The Balaban J connectivity index is 1.29. The van der Waals surface area contributed by atoms with Crippen LogP contribution in [0.2, 0.25) is 5.02 Å². The molecule has 4 rings (SSSR count). The quantitative estimate of drug-likeness (QED) is 0.731. The summed E-state index contributed by atoms with van der Waals surface area (Å²) in [4.78, 5) is 21.1. The van der Waals surface area contributed by atoms with E-state index in [-0.39, 0.29) is 12.5 Å². The fraction of sp³-hybridized carbons (Fsp3) is 0.500. The topological polar surface area (TPSA) is 86.3 Å². The maximum Gasteiger partial charge on any atom is 0.245 e. The zero-order chi connectivity index (χ0) is 20.9. The van der Waals surface area contributed by atoms with Crippen LogP contribution in [0.25, 0.3) is 11.3 Å². The number of anilines is 1. The Morgan fingerprint density at radius 1 is 1.23 bits per heavy atom. The lowest BCUT2D eigenvalue weighted by molar-refractivity contribution is -0.123. The van der Waals surface area contributed by atoms with E-state index >= 15 is 0 Å². The molecule has 1 aromatic heterocycles. The summed E-state index contributed by atoms with van der Waals surface area (Å²) >= 11 is 5.95. The summed E-state index contributed by atoms with van der Waals surface area (Å²) in [5.41, 5.74) is 1.66. The van der Waals surface area contributed by atoms with Crippen LogP contribution in [-0.2, 0) is 4.79 Å². The van der Waals surface area contributed by atoms with E-state index in [1.165, 1.54) is 0 Å². The number of carbonyl (C=O) groups excluding carboxylic acids is 1. The minimum atomic E-state index is -1.03. The molecule has 10 heteroatoms. The fourth-order valence-corrected chi connectivity index (χ4v) is 3.86. The monoisotopic (exact) mass is 433 g/mol. The minimum absolute atomic E-state index is 0.124. The van der Waals surface area contributed by atoms with Crippen LogP contribution in [0.5, 0.6) is 0 Å². The first-order valence-corrected chi connectivity index (χ1v) is 10.5. The van der Waals surface area contributed by atoms with Crippen LogP contribution in [0.3, 0.4) is 0 Å². The number of aromatic nitrogens is 3. The number of hydrogen-bond acceptors (Lipinski definition) is 7. The summed E-state index contributed by atoms with van der Waals surface area (Å²) in [6, 6.07) is 7.04. The number of nitrogens with one attached hydrogen (secondary N) is 2. The summed E-state index contributed by atoms with van der Waals surface area (Å²) in [6.07, 6.45) is 1.22. The molecule has 1 amide bonds. The van der Waals surface area contributed by atoms with Gasteiger partial charge in [0, 0.05) is 43.3 Å². The zero-order valence-corrected chi connectivity index (χ0v) is 17.4. The smallest absolute Gasteiger partial charge is 0.245 e. The highest BCUT2D eigenvalue weighted by Gasteiger charge is 2.27. The number of piperazine rings is 1. The Labute approximate surface area is 179 Å². The predicted octanol–water partition coefficient (Wildman–Crippen LogP) is 1.13. The number of nitrogens with zero attached hydrogens (tertiary/aromatic N) is 5. The predicted molar refractivity (Wildman–Crippen MR) is 113 cm³/mol. The van der Waals surface area contributed by atoms with E-state index in [1.54, 1.807) is 6.20 Å². The number of benzene rings is 1. The number of alkyl halides is 1. The van der Waals surface area contributed by atoms with Crippen molar-refractivity contribution in [3.05, 3.63) is 35.5 Å². The number of piperidine rings is 1. The molecule has 2 aliphatic heterocycles. The largest absolute Gasteiger partial charge is 0.349 e. The van der Waals surface area contributed by atoms with Gasteiger partial charge in [0.05, 0.1) is 24.5 Å². The Bertz CT molecular complexity index is 860. The van der Waals surface area contributed by atoms with Crippen molar-refractivity contribution in [2.24, 2.45) is 0 Å². The highest BCUT2D eigenvalue weighted by atomic mass is 35.5. The fourth-order valence-electron chi connectivity index (χ4n) is 3.73. The normalized spacial score (nSPS) is 22.7. The Kier molecular flexibility index (Phi) is 6.71. The van der Waals surface area contributed by atoms with Gasteiger partial charge in [-0.2, -0.15) is 5.10 Å². The van der Waals surface area contributed by atoms with E-state index < -0.39 is 12.2 Å². The molecule has 0 spiro atoms. The molecular weight excluding hydrogens is 409 g/mol. The first-order valence-electron chi connectivity index (χ1n) is 10.2. The number of carbonyl (C=O) groups is 1. The molecule has 3 heterocycles. The summed E-state index contributed by atoms with van der Waals surface area (Å²) in [6.45, 7) is 4.09. The molecule has 2 atom stereocenters. The van der Waals surface area contributed by atoms with E-state index in [0.717, 1.165) is 17.8 Å². The van der Waals surface area contributed by atoms with Crippen LogP contribution in [0, 0.1) is 0 Å². The van der Waals surface area contributed by atoms with Crippen molar-refractivity contribution in [1.82, 2.24) is 30.7 Å². The third kappa shape index (κ3) is 5.21. The summed E-state index contributed by atoms with van der Waals surface area (Å²) < 4.78 is 13.9. The molecule has 0 unspecified atom stereocenters. The molecule has 1 aromatic carbocycles. The number of amides is 1. The molecule has 0 aliphatic carbocycles. The summed E-state index contributed by atoms with van der Waals surface area (Å²) in [5.74, 6) is 0.446. The van der Waals surface area contributed by atoms with E-state index in [2.05, 4.69) is 35.6 Å². The first-order chi connectivity index (χ1) is 14.6. The van der Waals surface area contributed by atoms with Gasteiger partial charge in [-0.1, -0.05) is 23.7 Å². The van der Waals surface area contributed by atoms with E-state index in [0.29, 0.717) is 50.1 Å². The number of rotatable bonds is 5. The third-order valence-corrected chi connectivity index (χ3v) is 5.72. The van der Waals surface area contributed by atoms with Gasteiger partial charge in [-0.15, -0.1) is 5.10 Å². The maximum absolute atomic E-state index is 13.9. The first kappa shape index (κ1) is 20.9. The maximum atomic E-state index is 13.9. The molecule has 0 bridgehead atoms. The van der Waals surface area contributed by atoms with Crippen LogP contribution >= 0.6 is 11.6 Å².